The Morgan fingerprint density at radius 2 is 1.89 bits per heavy atom. The van der Waals surface area contributed by atoms with E-state index in [1.54, 1.807) is 4.90 Å². The van der Waals surface area contributed by atoms with Crippen LogP contribution in [0.4, 0.5) is 4.79 Å². The second-order valence-corrected chi connectivity index (χ2v) is 8.80. The van der Waals surface area contributed by atoms with Crippen LogP contribution in [0.25, 0.3) is 10.8 Å². The Bertz CT molecular complexity index is 875. The van der Waals surface area contributed by atoms with E-state index in [0.717, 1.165) is 15.2 Å². The fourth-order valence-electron chi connectivity index (χ4n) is 3.29. The molecule has 0 bridgehead atoms. The van der Waals surface area contributed by atoms with Gasteiger partial charge in [0.2, 0.25) is 0 Å². The number of piperazine rings is 1. The van der Waals surface area contributed by atoms with Crippen molar-refractivity contribution in [2.75, 3.05) is 19.6 Å². The van der Waals surface area contributed by atoms with Gasteiger partial charge in [-0.2, -0.15) is 0 Å². The molecule has 0 saturated carbocycles. The number of carbonyl (C=O) groups excluding carboxylic acids is 2. The first kappa shape index (κ1) is 19.7. The molecule has 1 atom stereocenters. The Morgan fingerprint density at radius 3 is 2.56 bits per heavy atom. The van der Waals surface area contributed by atoms with Crippen molar-refractivity contribution >= 4 is 38.7 Å². The monoisotopic (exact) mass is 432 g/mol. The molecule has 1 aliphatic heterocycles. The molecule has 6 heteroatoms. The SMILES string of the molecule is C[C@H]1CN(C(=O)OC(C)(C)C)CCN1C(=O)c1ccc2c(Br)cccc2c1. The number of hydrogen-bond donors (Lipinski definition) is 0. The van der Waals surface area contributed by atoms with Crippen LogP contribution in [0.5, 0.6) is 0 Å². The van der Waals surface area contributed by atoms with Crippen molar-refractivity contribution in [1.29, 1.82) is 0 Å². The maximum Gasteiger partial charge on any atom is 0.410 e. The number of hydrogen-bond acceptors (Lipinski definition) is 3. The highest BCUT2D eigenvalue weighted by atomic mass is 79.9. The van der Waals surface area contributed by atoms with Gasteiger partial charge < -0.3 is 14.5 Å². The maximum absolute atomic E-state index is 13.0. The average Bonchev–Trinajstić information content (AvgIpc) is 2.59. The molecule has 0 aliphatic carbocycles. The number of rotatable bonds is 1. The molecule has 27 heavy (non-hydrogen) atoms. The zero-order valence-electron chi connectivity index (χ0n) is 16.2. The first-order valence-corrected chi connectivity index (χ1v) is 9.92. The van der Waals surface area contributed by atoms with Gasteiger partial charge in [0.25, 0.3) is 5.91 Å². The molecule has 1 fully saturated rings. The minimum Gasteiger partial charge on any atom is -0.444 e. The third kappa shape index (κ3) is 4.43. The number of carbonyl (C=O) groups is 2. The number of nitrogens with zero attached hydrogens (tertiary/aromatic N) is 2. The van der Waals surface area contributed by atoms with Gasteiger partial charge in [-0.1, -0.05) is 34.1 Å². The molecular formula is C21H25BrN2O3. The molecule has 1 aliphatic rings. The third-order valence-electron chi connectivity index (χ3n) is 4.61. The molecule has 0 radical (unpaired) electrons. The summed E-state index contributed by atoms with van der Waals surface area (Å²) in [5, 5.41) is 2.10. The van der Waals surface area contributed by atoms with Crippen LogP contribution in [0.15, 0.2) is 40.9 Å². The zero-order chi connectivity index (χ0) is 19.8. The van der Waals surface area contributed by atoms with Crippen molar-refractivity contribution in [3.63, 3.8) is 0 Å². The molecule has 0 aromatic heterocycles. The molecule has 2 amide bonds. The first-order chi connectivity index (χ1) is 12.7. The first-order valence-electron chi connectivity index (χ1n) is 9.13. The van der Waals surface area contributed by atoms with E-state index < -0.39 is 5.60 Å². The molecule has 2 aromatic carbocycles. The highest BCUT2D eigenvalue weighted by molar-refractivity contribution is 9.10. The smallest absolute Gasteiger partial charge is 0.410 e. The van der Waals surface area contributed by atoms with Crippen LogP contribution in [0.3, 0.4) is 0 Å². The van der Waals surface area contributed by atoms with E-state index >= 15 is 0 Å². The predicted molar refractivity (Wildman–Crippen MR) is 110 cm³/mol. The van der Waals surface area contributed by atoms with Crippen molar-refractivity contribution < 1.29 is 14.3 Å². The van der Waals surface area contributed by atoms with E-state index in [1.807, 2.05) is 69.0 Å². The van der Waals surface area contributed by atoms with E-state index in [-0.39, 0.29) is 18.0 Å². The van der Waals surface area contributed by atoms with E-state index in [1.165, 1.54) is 0 Å². The number of halogens is 1. The number of amides is 2. The summed E-state index contributed by atoms with van der Waals surface area (Å²) in [4.78, 5) is 28.8. The second kappa shape index (κ2) is 7.50. The molecule has 0 unspecified atom stereocenters. The van der Waals surface area contributed by atoms with Crippen LogP contribution < -0.4 is 0 Å². The van der Waals surface area contributed by atoms with Gasteiger partial charge in [0.1, 0.15) is 5.60 Å². The quantitative estimate of drug-likeness (QED) is 0.656. The van der Waals surface area contributed by atoms with E-state index in [9.17, 15) is 9.59 Å². The Balaban J connectivity index is 1.72. The Hall–Kier alpha value is -2.08. The fraction of sp³-hybridized carbons (Fsp3) is 0.429. The number of ether oxygens (including phenoxy) is 1. The highest BCUT2D eigenvalue weighted by Gasteiger charge is 2.32. The predicted octanol–water partition coefficient (Wildman–Crippen LogP) is 4.68. The number of benzene rings is 2. The summed E-state index contributed by atoms with van der Waals surface area (Å²) in [7, 11) is 0. The summed E-state index contributed by atoms with van der Waals surface area (Å²) in [6.45, 7) is 8.97. The van der Waals surface area contributed by atoms with Crippen molar-refractivity contribution in [1.82, 2.24) is 9.80 Å². The van der Waals surface area contributed by atoms with Crippen molar-refractivity contribution in [2.45, 2.75) is 39.3 Å². The van der Waals surface area contributed by atoms with Gasteiger partial charge in [0.05, 0.1) is 0 Å². The largest absolute Gasteiger partial charge is 0.444 e. The van der Waals surface area contributed by atoms with Crippen molar-refractivity contribution in [3.8, 4) is 0 Å². The Labute approximate surface area is 168 Å². The van der Waals surface area contributed by atoms with Crippen LogP contribution in [-0.4, -0.2) is 53.1 Å². The molecule has 1 saturated heterocycles. The van der Waals surface area contributed by atoms with Crippen LogP contribution in [0.1, 0.15) is 38.1 Å². The molecule has 0 N–H and O–H groups in total. The topological polar surface area (TPSA) is 49.9 Å². The summed E-state index contributed by atoms with van der Waals surface area (Å²) in [6.07, 6.45) is -0.322. The van der Waals surface area contributed by atoms with Gasteiger partial charge in [-0.3, -0.25) is 4.79 Å². The Morgan fingerprint density at radius 1 is 1.15 bits per heavy atom. The van der Waals surface area contributed by atoms with Gasteiger partial charge in [-0.15, -0.1) is 0 Å². The van der Waals surface area contributed by atoms with Gasteiger partial charge in [0, 0.05) is 35.7 Å². The standard InChI is InChI=1S/C21H25BrN2O3/c1-14-13-23(20(26)27-21(2,3)4)10-11-24(14)19(25)16-8-9-17-15(12-16)6-5-7-18(17)22/h5-9,12,14H,10-11,13H2,1-4H3/t14-/m0/s1. The van der Waals surface area contributed by atoms with Crippen LogP contribution in [-0.2, 0) is 4.74 Å². The lowest BCUT2D eigenvalue weighted by molar-refractivity contribution is 0.00617. The number of fused-ring (bicyclic) bond motifs is 1. The van der Waals surface area contributed by atoms with Crippen LogP contribution in [0.2, 0.25) is 0 Å². The van der Waals surface area contributed by atoms with Gasteiger partial charge in [-0.25, -0.2) is 4.79 Å². The summed E-state index contributed by atoms with van der Waals surface area (Å²) < 4.78 is 6.46. The van der Waals surface area contributed by atoms with Crippen molar-refractivity contribution in [2.24, 2.45) is 0 Å². The van der Waals surface area contributed by atoms with Crippen molar-refractivity contribution in [3.05, 3.63) is 46.4 Å². The Kier molecular flexibility index (Phi) is 5.47. The second-order valence-electron chi connectivity index (χ2n) is 7.95. The summed E-state index contributed by atoms with van der Waals surface area (Å²) in [5.41, 5.74) is 0.144. The van der Waals surface area contributed by atoms with E-state index in [2.05, 4.69) is 15.9 Å². The van der Waals surface area contributed by atoms with E-state index in [4.69, 9.17) is 4.74 Å². The highest BCUT2D eigenvalue weighted by Crippen LogP contribution is 2.26. The zero-order valence-corrected chi connectivity index (χ0v) is 17.7. The van der Waals surface area contributed by atoms with Gasteiger partial charge >= 0.3 is 6.09 Å². The lowest BCUT2D eigenvalue weighted by Gasteiger charge is -2.40. The fourth-order valence-corrected chi connectivity index (χ4v) is 3.81. The van der Waals surface area contributed by atoms with E-state index in [0.29, 0.717) is 25.2 Å². The van der Waals surface area contributed by atoms with Gasteiger partial charge in [0.15, 0.2) is 0 Å². The lowest BCUT2D eigenvalue weighted by atomic mass is 10.0. The molecule has 0 spiro atoms. The van der Waals surface area contributed by atoms with Gasteiger partial charge in [-0.05, 0) is 56.7 Å². The molecule has 144 valence electrons. The molecule has 2 aromatic rings. The molecule has 5 nitrogen and oxygen atoms in total. The van der Waals surface area contributed by atoms with Crippen LogP contribution >= 0.6 is 15.9 Å². The maximum atomic E-state index is 13.0. The normalized spacial score (nSPS) is 17.9. The lowest BCUT2D eigenvalue weighted by Crippen LogP contribution is -2.56. The minimum absolute atomic E-state index is 0.00628. The minimum atomic E-state index is -0.521. The summed E-state index contributed by atoms with van der Waals surface area (Å²) in [6, 6.07) is 11.6. The molecular weight excluding hydrogens is 408 g/mol. The van der Waals surface area contributed by atoms with Crippen LogP contribution in [0, 0.1) is 0 Å². The third-order valence-corrected chi connectivity index (χ3v) is 5.31. The molecule has 3 rings (SSSR count). The molecule has 1 heterocycles. The summed E-state index contributed by atoms with van der Waals surface area (Å²) in [5.74, 6) is -0.00628. The average molecular weight is 433 g/mol. The summed E-state index contributed by atoms with van der Waals surface area (Å²) >= 11 is 3.54.